The summed E-state index contributed by atoms with van der Waals surface area (Å²) in [6.07, 6.45) is 1.79. The van der Waals surface area contributed by atoms with Crippen molar-refractivity contribution >= 4 is 5.91 Å². The number of imidazole rings is 1. The molecule has 0 aliphatic rings. The third kappa shape index (κ3) is 4.72. The number of benzene rings is 1. The van der Waals surface area contributed by atoms with Gasteiger partial charge in [-0.15, -0.1) is 0 Å². The summed E-state index contributed by atoms with van der Waals surface area (Å²) in [5, 5.41) is 3.01. The number of rotatable bonds is 6. The Balaban J connectivity index is 1.81. The van der Waals surface area contributed by atoms with Crippen LogP contribution in [0.3, 0.4) is 0 Å². The van der Waals surface area contributed by atoms with Crippen molar-refractivity contribution in [2.24, 2.45) is 0 Å². The lowest BCUT2D eigenvalue weighted by Gasteiger charge is -2.18. The quantitative estimate of drug-likeness (QED) is 0.854. The normalized spacial score (nSPS) is 12.4. The van der Waals surface area contributed by atoms with E-state index in [9.17, 15) is 4.79 Å². The van der Waals surface area contributed by atoms with Crippen molar-refractivity contribution in [1.82, 2.24) is 20.2 Å². The second-order valence-electron chi connectivity index (χ2n) is 5.39. The predicted molar refractivity (Wildman–Crippen MR) is 82.7 cm³/mol. The lowest BCUT2D eigenvalue weighted by Crippen LogP contribution is -2.36. The molecule has 0 saturated heterocycles. The molecule has 2 aromatic rings. The van der Waals surface area contributed by atoms with Gasteiger partial charge in [0.2, 0.25) is 5.91 Å². The van der Waals surface area contributed by atoms with E-state index < -0.39 is 0 Å². The van der Waals surface area contributed by atoms with E-state index in [0.717, 1.165) is 17.1 Å². The van der Waals surface area contributed by atoms with E-state index in [2.05, 4.69) is 15.3 Å². The Morgan fingerprint density at radius 2 is 2.10 bits per heavy atom. The van der Waals surface area contributed by atoms with Gasteiger partial charge in [-0.1, -0.05) is 30.3 Å². The molecule has 0 aliphatic heterocycles. The molecule has 0 spiro atoms. The van der Waals surface area contributed by atoms with Gasteiger partial charge in [0.1, 0.15) is 5.82 Å². The number of hydrogen-bond donors (Lipinski definition) is 2. The SMILES string of the molecule is Cc1cnc(CN(C)CC(=O)N[C@H](C)c2ccccc2)[nH]1. The van der Waals surface area contributed by atoms with Crippen molar-refractivity contribution in [3.8, 4) is 0 Å². The topological polar surface area (TPSA) is 61.0 Å². The second-order valence-corrected chi connectivity index (χ2v) is 5.39. The number of aromatic amines is 1. The molecule has 5 nitrogen and oxygen atoms in total. The van der Waals surface area contributed by atoms with E-state index in [0.29, 0.717) is 13.1 Å². The zero-order valence-corrected chi connectivity index (χ0v) is 12.8. The zero-order chi connectivity index (χ0) is 15.2. The Morgan fingerprint density at radius 1 is 1.38 bits per heavy atom. The molecular formula is C16H22N4O. The molecule has 2 N–H and O–H groups in total. The minimum Gasteiger partial charge on any atom is -0.348 e. The van der Waals surface area contributed by atoms with Gasteiger partial charge < -0.3 is 10.3 Å². The first kappa shape index (κ1) is 15.3. The maximum absolute atomic E-state index is 12.0. The third-order valence-corrected chi connectivity index (χ3v) is 3.27. The number of nitrogens with one attached hydrogen (secondary N) is 2. The maximum atomic E-state index is 12.0. The number of H-pyrrole nitrogens is 1. The van der Waals surface area contributed by atoms with E-state index in [-0.39, 0.29) is 11.9 Å². The predicted octanol–water partition coefficient (Wildman–Crippen LogP) is 2.03. The van der Waals surface area contributed by atoms with Crippen LogP contribution in [0.2, 0.25) is 0 Å². The summed E-state index contributed by atoms with van der Waals surface area (Å²) in [5.74, 6) is 0.885. The first-order chi connectivity index (χ1) is 10.0. The van der Waals surface area contributed by atoms with Crippen molar-refractivity contribution in [3.63, 3.8) is 0 Å². The third-order valence-electron chi connectivity index (χ3n) is 3.27. The van der Waals surface area contributed by atoms with Crippen molar-refractivity contribution in [3.05, 3.63) is 53.6 Å². The number of carbonyl (C=O) groups is 1. The number of aromatic nitrogens is 2. The molecule has 112 valence electrons. The molecule has 0 bridgehead atoms. The highest BCUT2D eigenvalue weighted by atomic mass is 16.2. The number of carbonyl (C=O) groups excluding carboxylic acids is 1. The van der Waals surface area contributed by atoms with E-state index in [1.165, 1.54) is 0 Å². The van der Waals surface area contributed by atoms with Crippen LogP contribution in [0.15, 0.2) is 36.5 Å². The lowest BCUT2D eigenvalue weighted by molar-refractivity contribution is -0.122. The molecule has 0 unspecified atom stereocenters. The van der Waals surface area contributed by atoms with Gasteiger partial charge >= 0.3 is 0 Å². The fourth-order valence-electron chi connectivity index (χ4n) is 2.22. The van der Waals surface area contributed by atoms with Gasteiger partial charge in [-0.2, -0.15) is 0 Å². The highest BCUT2D eigenvalue weighted by Crippen LogP contribution is 2.10. The van der Waals surface area contributed by atoms with E-state index in [1.807, 2.05) is 56.1 Å². The smallest absolute Gasteiger partial charge is 0.234 e. The number of nitrogens with zero attached hydrogens (tertiary/aromatic N) is 2. The summed E-state index contributed by atoms with van der Waals surface area (Å²) in [7, 11) is 1.91. The van der Waals surface area contributed by atoms with Gasteiger partial charge in [0.15, 0.2) is 0 Å². The molecule has 0 aliphatic carbocycles. The minimum atomic E-state index is 0.0112. The molecule has 2 rings (SSSR count). The molecule has 1 atom stereocenters. The number of hydrogen-bond acceptors (Lipinski definition) is 3. The van der Waals surface area contributed by atoms with E-state index >= 15 is 0 Å². The standard InChI is InChI=1S/C16H22N4O/c1-12-9-17-15(18-12)10-20(3)11-16(21)19-13(2)14-7-5-4-6-8-14/h4-9,13H,10-11H2,1-3H3,(H,17,18)(H,19,21)/t13-/m1/s1. The van der Waals surface area contributed by atoms with Crippen LogP contribution in [-0.2, 0) is 11.3 Å². The van der Waals surface area contributed by atoms with Gasteiger partial charge in [-0.3, -0.25) is 9.69 Å². The summed E-state index contributed by atoms with van der Waals surface area (Å²) in [4.78, 5) is 21.4. The van der Waals surface area contributed by atoms with Crippen LogP contribution in [0, 0.1) is 6.92 Å². The van der Waals surface area contributed by atoms with Crippen LogP contribution in [0.25, 0.3) is 0 Å². The average Bonchev–Trinajstić information content (AvgIpc) is 2.84. The zero-order valence-electron chi connectivity index (χ0n) is 12.8. The Labute approximate surface area is 125 Å². The monoisotopic (exact) mass is 286 g/mol. The van der Waals surface area contributed by atoms with Crippen molar-refractivity contribution < 1.29 is 4.79 Å². The fraction of sp³-hybridized carbons (Fsp3) is 0.375. The molecule has 0 fully saturated rings. The van der Waals surface area contributed by atoms with Gasteiger partial charge in [0.25, 0.3) is 0 Å². The maximum Gasteiger partial charge on any atom is 0.234 e. The Hall–Kier alpha value is -2.14. The number of likely N-dealkylation sites (N-methyl/N-ethyl adjacent to an activating group) is 1. The molecule has 0 saturated carbocycles. The molecule has 1 heterocycles. The molecule has 21 heavy (non-hydrogen) atoms. The van der Waals surface area contributed by atoms with Crippen LogP contribution in [0.4, 0.5) is 0 Å². The fourth-order valence-corrected chi connectivity index (χ4v) is 2.22. The van der Waals surface area contributed by atoms with Crippen LogP contribution in [-0.4, -0.2) is 34.4 Å². The number of amides is 1. The van der Waals surface area contributed by atoms with Crippen LogP contribution < -0.4 is 5.32 Å². The summed E-state index contributed by atoms with van der Waals surface area (Å²) in [5.41, 5.74) is 2.13. The Morgan fingerprint density at radius 3 is 2.71 bits per heavy atom. The Kier molecular flexibility index (Phi) is 5.11. The molecule has 1 aromatic heterocycles. The van der Waals surface area contributed by atoms with Gasteiger partial charge in [0.05, 0.1) is 19.1 Å². The van der Waals surface area contributed by atoms with Crippen molar-refractivity contribution in [2.45, 2.75) is 26.4 Å². The summed E-state index contributed by atoms with van der Waals surface area (Å²) in [6, 6.07) is 9.96. The molecule has 0 radical (unpaired) electrons. The van der Waals surface area contributed by atoms with E-state index in [1.54, 1.807) is 6.20 Å². The van der Waals surface area contributed by atoms with E-state index in [4.69, 9.17) is 0 Å². The van der Waals surface area contributed by atoms with Gasteiger partial charge in [0, 0.05) is 11.9 Å². The van der Waals surface area contributed by atoms with Crippen molar-refractivity contribution in [1.29, 1.82) is 0 Å². The molecule has 5 heteroatoms. The van der Waals surface area contributed by atoms with Crippen LogP contribution in [0.1, 0.15) is 30.0 Å². The lowest BCUT2D eigenvalue weighted by atomic mass is 10.1. The van der Waals surface area contributed by atoms with Crippen LogP contribution in [0.5, 0.6) is 0 Å². The molecule has 1 aromatic carbocycles. The highest BCUT2D eigenvalue weighted by Gasteiger charge is 2.12. The van der Waals surface area contributed by atoms with Crippen molar-refractivity contribution in [2.75, 3.05) is 13.6 Å². The van der Waals surface area contributed by atoms with Gasteiger partial charge in [-0.05, 0) is 26.5 Å². The summed E-state index contributed by atoms with van der Waals surface area (Å²) < 4.78 is 0. The highest BCUT2D eigenvalue weighted by molar-refractivity contribution is 5.78. The summed E-state index contributed by atoms with van der Waals surface area (Å²) in [6.45, 7) is 4.92. The minimum absolute atomic E-state index is 0.0112. The first-order valence-corrected chi connectivity index (χ1v) is 7.08. The van der Waals surface area contributed by atoms with Gasteiger partial charge in [-0.25, -0.2) is 4.98 Å². The second kappa shape index (κ2) is 7.04. The number of aryl methyl sites for hydroxylation is 1. The molecular weight excluding hydrogens is 264 g/mol. The largest absolute Gasteiger partial charge is 0.348 e. The Bertz CT molecular complexity index is 579. The summed E-state index contributed by atoms with van der Waals surface area (Å²) >= 11 is 0. The van der Waals surface area contributed by atoms with Crippen LogP contribution >= 0.6 is 0 Å². The molecule has 1 amide bonds. The first-order valence-electron chi connectivity index (χ1n) is 7.08. The average molecular weight is 286 g/mol.